The molecule has 0 fully saturated rings. The van der Waals surface area contributed by atoms with Gasteiger partial charge in [-0.1, -0.05) is 48.5 Å². The number of pyridine rings is 1. The average Bonchev–Trinajstić information content (AvgIpc) is 2.83. The summed E-state index contributed by atoms with van der Waals surface area (Å²) in [4.78, 5) is 15.8. The molecule has 0 unspecified atom stereocenters. The average molecular weight is 288 g/mol. The molecule has 2 heterocycles. The molecule has 4 aromatic rings. The normalized spacial score (nSPS) is 11.3. The standard InChI is InChI=1S/C19H16N2O/c1-13-11-17(22)18-15-9-5-6-10-16(15)21(19(18)20-13)12-14-7-3-2-4-8-14/h2-11H,12H2,1H3,(H,20,22). The summed E-state index contributed by atoms with van der Waals surface area (Å²) >= 11 is 0. The van der Waals surface area contributed by atoms with Crippen molar-refractivity contribution >= 4 is 21.9 Å². The number of benzene rings is 2. The second kappa shape index (κ2) is 4.88. The summed E-state index contributed by atoms with van der Waals surface area (Å²) in [6.45, 7) is 2.66. The highest BCUT2D eigenvalue weighted by atomic mass is 16.1. The van der Waals surface area contributed by atoms with Gasteiger partial charge in [0.25, 0.3) is 0 Å². The fourth-order valence-electron chi connectivity index (χ4n) is 3.10. The second-order valence-corrected chi connectivity index (χ2v) is 5.63. The number of hydrogen-bond acceptors (Lipinski definition) is 1. The van der Waals surface area contributed by atoms with Crippen molar-refractivity contribution < 1.29 is 0 Å². The van der Waals surface area contributed by atoms with Gasteiger partial charge in [0.15, 0.2) is 5.43 Å². The molecule has 0 amide bonds. The molecule has 0 aliphatic rings. The lowest BCUT2D eigenvalue weighted by Gasteiger charge is -2.08. The van der Waals surface area contributed by atoms with E-state index in [1.54, 1.807) is 6.07 Å². The fraction of sp³-hybridized carbons (Fsp3) is 0.105. The number of aromatic nitrogens is 2. The monoisotopic (exact) mass is 288 g/mol. The van der Waals surface area contributed by atoms with Gasteiger partial charge in [0.2, 0.25) is 0 Å². The number of para-hydroxylation sites is 1. The highest BCUT2D eigenvalue weighted by Crippen LogP contribution is 2.26. The molecule has 108 valence electrons. The van der Waals surface area contributed by atoms with Crippen LogP contribution in [0.4, 0.5) is 0 Å². The quantitative estimate of drug-likeness (QED) is 0.598. The van der Waals surface area contributed by atoms with Crippen LogP contribution >= 0.6 is 0 Å². The van der Waals surface area contributed by atoms with Gasteiger partial charge in [0, 0.05) is 23.7 Å². The van der Waals surface area contributed by atoms with E-state index in [1.165, 1.54) is 5.56 Å². The van der Waals surface area contributed by atoms with Crippen molar-refractivity contribution in [3.05, 3.63) is 82.1 Å². The van der Waals surface area contributed by atoms with Crippen LogP contribution in [0.25, 0.3) is 21.9 Å². The third-order valence-corrected chi connectivity index (χ3v) is 4.06. The lowest BCUT2D eigenvalue weighted by molar-refractivity contribution is 0.853. The van der Waals surface area contributed by atoms with Crippen LogP contribution in [0.1, 0.15) is 11.3 Å². The maximum absolute atomic E-state index is 12.4. The highest BCUT2D eigenvalue weighted by Gasteiger charge is 2.13. The van der Waals surface area contributed by atoms with E-state index >= 15 is 0 Å². The molecule has 2 aromatic heterocycles. The molecule has 0 spiro atoms. The topological polar surface area (TPSA) is 37.8 Å². The van der Waals surface area contributed by atoms with Crippen LogP contribution in [0, 0.1) is 6.92 Å². The minimum absolute atomic E-state index is 0.0780. The van der Waals surface area contributed by atoms with Gasteiger partial charge in [-0.2, -0.15) is 0 Å². The summed E-state index contributed by atoms with van der Waals surface area (Å²) in [7, 11) is 0. The largest absolute Gasteiger partial charge is 0.345 e. The van der Waals surface area contributed by atoms with Gasteiger partial charge in [0.05, 0.1) is 10.9 Å². The molecule has 22 heavy (non-hydrogen) atoms. The zero-order valence-electron chi connectivity index (χ0n) is 12.3. The van der Waals surface area contributed by atoms with Crippen molar-refractivity contribution in [3.8, 4) is 0 Å². The number of fused-ring (bicyclic) bond motifs is 3. The maximum atomic E-state index is 12.4. The lowest BCUT2D eigenvalue weighted by atomic mass is 10.2. The first-order chi connectivity index (χ1) is 10.7. The highest BCUT2D eigenvalue weighted by molar-refractivity contribution is 6.06. The Hall–Kier alpha value is -2.81. The van der Waals surface area contributed by atoms with Crippen molar-refractivity contribution in [1.82, 2.24) is 9.55 Å². The van der Waals surface area contributed by atoms with Crippen LogP contribution in [0.3, 0.4) is 0 Å². The van der Waals surface area contributed by atoms with E-state index in [4.69, 9.17) is 0 Å². The van der Waals surface area contributed by atoms with Crippen LogP contribution in [0.2, 0.25) is 0 Å². The fourth-order valence-corrected chi connectivity index (χ4v) is 3.10. The Bertz CT molecular complexity index is 1030. The maximum Gasteiger partial charge on any atom is 0.191 e. The molecule has 1 N–H and O–H groups in total. The number of aromatic amines is 1. The minimum Gasteiger partial charge on any atom is -0.345 e. The van der Waals surface area contributed by atoms with E-state index in [1.807, 2.05) is 43.3 Å². The molecule has 2 aromatic carbocycles. The summed E-state index contributed by atoms with van der Waals surface area (Å²) in [6, 6.07) is 20.1. The van der Waals surface area contributed by atoms with Gasteiger partial charge >= 0.3 is 0 Å². The number of hydrogen-bond donors (Lipinski definition) is 1. The molecule has 0 aliphatic carbocycles. The van der Waals surface area contributed by atoms with Crippen LogP contribution in [0.15, 0.2) is 65.5 Å². The number of nitrogens with zero attached hydrogens (tertiary/aromatic N) is 1. The Morgan fingerprint density at radius 3 is 2.55 bits per heavy atom. The van der Waals surface area contributed by atoms with Gasteiger partial charge in [-0.25, -0.2) is 0 Å². The minimum atomic E-state index is 0.0780. The Balaban J connectivity index is 2.08. The number of H-pyrrole nitrogens is 1. The van der Waals surface area contributed by atoms with E-state index in [0.29, 0.717) is 0 Å². The molecule has 0 saturated carbocycles. The number of aryl methyl sites for hydroxylation is 1. The number of nitrogens with one attached hydrogen (secondary N) is 1. The molecule has 0 radical (unpaired) electrons. The molecule has 3 nitrogen and oxygen atoms in total. The summed E-state index contributed by atoms with van der Waals surface area (Å²) in [5.74, 6) is 0. The number of rotatable bonds is 2. The predicted octanol–water partition coefficient (Wildman–Crippen LogP) is 3.84. The van der Waals surface area contributed by atoms with E-state index in [9.17, 15) is 4.79 Å². The van der Waals surface area contributed by atoms with Crippen molar-refractivity contribution in [2.45, 2.75) is 13.5 Å². The third kappa shape index (κ3) is 1.94. The molecule has 3 heteroatoms. The Morgan fingerprint density at radius 2 is 1.73 bits per heavy atom. The van der Waals surface area contributed by atoms with Gasteiger partial charge in [-0.05, 0) is 18.6 Å². The van der Waals surface area contributed by atoms with Crippen LogP contribution in [-0.4, -0.2) is 9.55 Å². The van der Waals surface area contributed by atoms with Gasteiger partial charge in [-0.15, -0.1) is 0 Å². The molecule has 0 bridgehead atoms. The van der Waals surface area contributed by atoms with Crippen LogP contribution < -0.4 is 5.43 Å². The van der Waals surface area contributed by atoms with Crippen molar-refractivity contribution in [3.63, 3.8) is 0 Å². The summed E-state index contributed by atoms with van der Waals surface area (Å²) in [6.07, 6.45) is 0. The molecular formula is C19H16N2O. The molecular weight excluding hydrogens is 272 g/mol. The van der Waals surface area contributed by atoms with E-state index in [0.717, 1.165) is 34.2 Å². The Morgan fingerprint density at radius 1 is 1.00 bits per heavy atom. The van der Waals surface area contributed by atoms with Crippen molar-refractivity contribution in [1.29, 1.82) is 0 Å². The lowest BCUT2D eigenvalue weighted by Crippen LogP contribution is -2.05. The first-order valence-corrected chi connectivity index (χ1v) is 7.39. The summed E-state index contributed by atoms with van der Waals surface area (Å²) in [5, 5.41) is 1.78. The van der Waals surface area contributed by atoms with Crippen molar-refractivity contribution in [2.24, 2.45) is 0 Å². The predicted molar refractivity (Wildman–Crippen MR) is 90.3 cm³/mol. The molecule has 0 atom stereocenters. The molecule has 4 rings (SSSR count). The van der Waals surface area contributed by atoms with Gasteiger partial charge in [-0.3, -0.25) is 4.79 Å². The van der Waals surface area contributed by atoms with Crippen LogP contribution in [-0.2, 0) is 6.54 Å². The molecule has 0 aliphatic heterocycles. The van der Waals surface area contributed by atoms with Gasteiger partial charge < -0.3 is 9.55 Å². The zero-order chi connectivity index (χ0) is 15.1. The second-order valence-electron chi connectivity index (χ2n) is 5.63. The third-order valence-electron chi connectivity index (χ3n) is 4.06. The SMILES string of the molecule is Cc1cc(=O)c2c3ccccc3n(Cc3ccccc3)c2[nH]1. The van der Waals surface area contributed by atoms with Gasteiger partial charge in [0.1, 0.15) is 5.65 Å². The first kappa shape index (κ1) is 12.9. The zero-order valence-corrected chi connectivity index (χ0v) is 12.3. The smallest absolute Gasteiger partial charge is 0.191 e. The van der Waals surface area contributed by atoms with E-state index in [2.05, 4.69) is 27.8 Å². The van der Waals surface area contributed by atoms with E-state index < -0.39 is 0 Å². The first-order valence-electron chi connectivity index (χ1n) is 7.39. The summed E-state index contributed by atoms with van der Waals surface area (Å²) < 4.78 is 2.19. The molecule has 0 saturated heterocycles. The Labute approximate surface area is 127 Å². The summed E-state index contributed by atoms with van der Waals surface area (Å²) in [5.41, 5.74) is 4.16. The van der Waals surface area contributed by atoms with E-state index in [-0.39, 0.29) is 5.43 Å². The Kier molecular flexibility index (Phi) is 2.86. The van der Waals surface area contributed by atoms with Crippen molar-refractivity contribution in [2.75, 3.05) is 0 Å². The van der Waals surface area contributed by atoms with Crippen LogP contribution in [0.5, 0.6) is 0 Å².